The van der Waals surface area contributed by atoms with Gasteiger partial charge >= 0.3 is 6.18 Å². The van der Waals surface area contributed by atoms with Crippen LogP contribution in [0.4, 0.5) is 13.2 Å². The van der Waals surface area contributed by atoms with Crippen LogP contribution in [0.1, 0.15) is 12.0 Å². The smallest absolute Gasteiger partial charge is 0.171 e. The molecule has 0 N–H and O–H groups in total. The van der Waals surface area contributed by atoms with Gasteiger partial charge in [-0.25, -0.2) is 0 Å². The maximum atomic E-state index is 12.3. The molecule has 0 aliphatic heterocycles. The Bertz CT molecular complexity index is 501. The standard InChI is InChI=1S/C15H13F3/c16-15(17,18)11-10-13-8-4-5-9-14(13)12-6-2-1-3-7-12/h1-9H,10-11H2. The van der Waals surface area contributed by atoms with Crippen molar-refractivity contribution in [2.24, 2.45) is 0 Å². The number of hydrogen-bond acceptors (Lipinski definition) is 0. The Kier molecular flexibility index (Phi) is 3.70. The second kappa shape index (κ2) is 5.25. The highest BCUT2D eigenvalue weighted by molar-refractivity contribution is 5.67. The van der Waals surface area contributed by atoms with E-state index in [2.05, 4.69) is 0 Å². The molecule has 0 saturated carbocycles. The van der Waals surface area contributed by atoms with Crippen molar-refractivity contribution in [2.45, 2.75) is 19.0 Å². The van der Waals surface area contributed by atoms with Gasteiger partial charge in [0.15, 0.2) is 0 Å². The topological polar surface area (TPSA) is 0 Å². The summed E-state index contributed by atoms with van der Waals surface area (Å²) in [7, 11) is 0. The van der Waals surface area contributed by atoms with Crippen LogP contribution >= 0.6 is 0 Å². The highest BCUT2D eigenvalue weighted by atomic mass is 19.4. The minimum Gasteiger partial charge on any atom is -0.171 e. The Hall–Kier alpha value is -1.77. The first-order chi connectivity index (χ1) is 8.56. The minimum absolute atomic E-state index is 0.0224. The van der Waals surface area contributed by atoms with Crippen LogP contribution < -0.4 is 0 Å². The van der Waals surface area contributed by atoms with Gasteiger partial charge in [0.25, 0.3) is 0 Å². The lowest BCUT2D eigenvalue weighted by atomic mass is 9.97. The first kappa shape index (κ1) is 12.7. The van der Waals surface area contributed by atoms with E-state index in [4.69, 9.17) is 0 Å². The van der Waals surface area contributed by atoms with Crippen LogP contribution in [0.25, 0.3) is 11.1 Å². The van der Waals surface area contributed by atoms with Crippen LogP contribution in [0.3, 0.4) is 0 Å². The fourth-order valence-electron chi connectivity index (χ4n) is 1.91. The molecule has 0 radical (unpaired) electrons. The molecule has 18 heavy (non-hydrogen) atoms. The highest BCUT2D eigenvalue weighted by Gasteiger charge is 2.26. The van der Waals surface area contributed by atoms with Crippen molar-refractivity contribution in [3.63, 3.8) is 0 Å². The van der Waals surface area contributed by atoms with Gasteiger partial charge < -0.3 is 0 Å². The lowest BCUT2D eigenvalue weighted by Gasteiger charge is -2.11. The number of rotatable bonds is 3. The minimum atomic E-state index is -4.11. The Morgan fingerprint density at radius 3 is 2.06 bits per heavy atom. The van der Waals surface area contributed by atoms with Gasteiger partial charge in [0.2, 0.25) is 0 Å². The molecule has 0 nitrogen and oxygen atoms in total. The quantitative estimate of drug-likeness (QED) is 0.730. The van der Waals surface area contributed by atoms with Crippen molar-refractivity contribution in [3.8, 4) is 11.1 Å². The van der Waals surface area contributed by atoms with Gasteiger partial charge in [0, 0.05) is 6.42 Å². The summed E-state index contributed by atoms with van der Waals surface area (Å²) >= 11 is 0. The summed E-state index contributed by atoms with van der Waals surface area (Å²) in [6.07, 6.45) is -4.87. The average Bonchev–Trinajstić information content (AvgIpc) is 2.37. The summed E-state index contributed by atoms with van der Waals surface area (Å²) in [5, 5.41) is 0. The summed E-state index contributed by atoms with van der Waals surface area (Å²) in [5.41, 5.74) is 2.57. The number of hydrogen-bond donors (Lipinski definition) is 0. The van der Waals surface area contributed by atoms with Crippen LogP contribution in [-0.2, 0) is 6.42 Å². The molecule has 0 unspecified atom stereocenters. The van der Waals surface area contributed by atoms with Gasteiger partial charge in [0.1, 0.15) is 0 Å². The Balaban J connectivity index is 2.27. The number of aryl methyl sites for hydroxylation is 1. The van der Waals surface area contributed by atoms with Gasteiger partial charge in [0.05, 0.1) is 0 Å². The lowest BCUT2D eigenvalue weighted by Crippen LogP contribution is -2.08. The second-order valence-corrected chi connectivity index (χ2v) is 4.14. The summed E-state index contributed by atoms with van der Waals surface area (Å²) in [6.45, 7) is 0. The summed E-state index contributed by atoms with van der Waals surface area (Å²) in [6, 6.07) is 16.7. The molecule has 0 atom stereocenters. The van der Waals surface area contributed by atoms with Crippen molar-refractivity contribution >= 4 is 0 Å². The summed E-state index contributed by atoms with van der Waals surface area (Å²) in [4.78, 5) is 0. The van der Waals surface area contributed by atoms with Gasteiger partial charge in [-0.1, -0.05) is 54.6 Å². The van der Waals surface area contributed by atoms with Gasteiger partial charge in [-0.3, -0.25) is 0 Å². The van der Waals surface area contributed by atoms with E-state index in [0.29, 0.717) is 0 Å². The molecule has 0 aromatic heterocycles. The molecular weight excluding hydrogens is 237 g/mol. The lowest BCUT2D eigenvalue weighted by molar-refractivity contribution is -0.133. The zero-order valence-electron chi connectivity index (χ0n) is 9.74. The summed E-state index contributed by atoms with van der Waals surface area (Å²) < 4.78 is 36.8. The Morgan fingerprint density at radius 1 is 0.778 bits per heavy atom. The summed E-state index contributed by atoms with van der Waals surface area (Å²) in [5.74, 6) is 0. The van der Waals surface area contributed by atoms with E-state index < -0.39 is 12.6 Å². The van der Waals surface area contributed by atoms with Gasteiger partial charge in [-0.05, 0) is 23.1 Å². The maximum Gasteiger partial charge on any atom is 0.389 e. The highest BCUT2D eigenvalue weighted by Crippen LogP contribution is 2.28. The van der Waals surface area contributed by atoms with Crippen LogP contribution in [0.15, 0.2) is 54.6 Å². The first-order valence-electron chi connectivity index (χ1n) is 5.76. The van der Waals surface area contributed by atoms with E-state index in [-0.39, 0.29) is 6.42 Å². The number of halogens is 3. The monoisotopic (exact) mass is 250 g/mol. The molecule has 3 heteroatoms. The molecule has 0 spiro atoms. The molecule has 0 heterocycles. The zero-order valence-corrected chi connectivity index (χ0v) is 9.74. The third-order valence-electron chi connectivity index (χ3n) is 2.78. The molecule has 94 valence electrons. The van der Waals surface area contributed by atoms with E-state index in [0.717, 1.165) is 16.7 Å². The second-order valence-electron chi connectivity index (χ2n) is 4.14. The largest absolute Gasteiger partial charge is 0.389 e. The predicted molar refractivity (Wildman–Crippen MR) is 66.3 cm³/mol. The van der Waals surface area contributed by atoms with Crippen LogP contribution in [0.5, 0.6) is 0 Å². The van der Waals surface area contributed by atoms with Crippen molar-refractivity contribution < 1.29 is 13.2 Å². The number of benzene rings is 2. The predicted octanol–water partition coefficient (Wildman–Crippen LogP) is 4.85. The van der Waals surface area contributed by atoms with Crippen molar-refractivity contribution in [2.75, 3.05) is 0 Å². The first-order valence-corrected chi connectivity index (χ1v) is 5.76. The van der Waals surface area contributed by atoms with Crippen molar-refractivity contribution in [1.82, 2.24) is 0 Å². The molecule has 2 aromatic carbocycles. The Morgan fingerprint density at radius 2 is 1.39 bits per heavy atom. The molecule has 2 rings (SSSR count). The molecule has 0 fully saturated rings. The fourth-order valence-corrected chi connectivity index (χ4v) is 1.91. The van der Waals surface area contributed by atoms with Crippen molar-refractivity contribution in [3.05, 3.63) is 60.2 Å². The molecule has 0 saturated heterocycles. The fraction of sp³-hybridized carbons (Fsp3) is 0.200. The van der Waals surface area contributed by atoms with Crippen LogP contribution in [0, 0.1) is 0 Å². The normalized spacial score (nSPS) is 11.5. The van der Waals surface area contributed by atoms with E-state index in [1.165, 1.54) is 0 Å². The molecule has 0 bridgehead atoms. The van der Waals surface area contributed by atoms with E-state index in [9.17, 15) is 13.2 Å². The van der Waals surface area contributed by atoms with Crippen LogP contribution in [0.2, 0.25) is 0 Å². The third kappa shape index (κ3) is 3.36. The molecular formula is C15H13F3. The molecule has 0 aliphatic rings. The maximum absolute atomic E-state index is 12.3. The van der Waals surface area contributed by atoms with E-state index in [1.807, 2.05) is 42.5 Å². The molecule has 2 aromatic rings. The third-order valence-corrected chi connectivity index (χ3v) is 2.78. The Labute approximate surface area is 104 Å². The van der Waals surface area contributed by atoms with Gasteiger partial charge in [-0.2, -0.15) is 13.2 Å². The average molecular weight is 250 g/mol. The molecule has 0 aliphatic carbocycles. The van der Waals surface area contributed by atoms with E-state index in [1.54, 1.807) is 12.1 Å². The van der Waals surface area contributed by atoms with Gasteiger partial charge in [-0.15, -0.1) is 0 Å². The SMILES string of the molecule is FC(F)(F)CCc1ccccc1-c1ccccc1. The molecule has 0 amide bonds. The van der Waals surface area contributed by atoms with Crippen LogP contribution in [-0.4, -0.2) is 6.18 Å². The van der Waals surface area contributed by atoms with Crippen molar-refractivity contribution in [1.29, 1.82) is 0 Å². The number of alkyl halides is 3. The van der Waals surface area contributed by atoms with E-state index >= 15 is 0 Å². The zero-order chi connectivity index (χ0) is 13.0.